The second-order valence-electron chi connectivity index (χ2n) is 4.32. The molecule has 0 aliphatic heterocycles. The minimum atomic E-state index is -0.266. The molecule has 0 bridgehead atoms. The van der Waals surface area contributed by atoms with Crippen LogP contribution in [0.2, 0.25) is 0 Å². The van der Waals surface area contributed by atoms with Crippen molar-refractivity contribution < 1.29 is 4.79 Å². The Morgan fingerprint density at radius 1 is 1.40 bits per heavy atom. The third kappa shape index (κ3) is 2.29. The number of hydrogen-bond acceptors (Lipinski definition) is 4. The van der Waals surface area contributed by atoms with E-state index in [4.69, 9.17) is 0 Å². The monoisotopic (exact) mass is 334 g/mol. The number of aromatic amines is 2. The molecular formula is C12H11BrN6O. The summed E-state index contributed by atoms with van der Waals surface area (Å²) in [6.07, 6.45) is 2.97. The van der Waals surface area contributed by atoms with E-state index in [1.807, 2.05) is 13.0 Å². The lowest BCUT2D eigenvalue weighted by atomic mass is 10.1. The van der Waals surface area contributed by atoms with Crippen LogP contribution in [-0.2, 0) is 0 Å². The summed E-state index contributed by atoms with van der Waals surface area (Å²) in [6, 6.07) is 3.35. The molecule has 0 aliphatic rings. The lowest BCUT2D eigenvalue weighted by Crippen LogP contribution is -2.27. The van der Waals surface area contributed by atoms with Gasteiger partial charge in [-0.25, -0.2) is 9.97 Å². The Balaban J connectivity index is 1.91. The lowest BCUT2D eigenvalue weighted by molar-refractivity contribution is 0.0940. The molecular weight excluding hydrogens is 324 g/mol. The van der Waals surface area contributed by atoms with Crippen molar-refractivity contribution in [1.29, 1.82) is 0 Å². The van der Waals surface area contributed by atoms with Crippen LogP contribution >= 0.6 is 15.9 Å². The topological polar surface area (TPSA) is 99.3 Å². The van der Waals surface area contributed by atoms with E-state index in [9.17, 15) is 4.79 Å². The van der Waals surface area contributed by atoms with Gasteiger partial charge < -0.3 is 10.3 Å². The Morgan fingerprint density at radius 3 is 3.00 bits per heavy atom. The molecule has 1 aromatic carbocycles. The largest absolute Gasteiger partial charge is 0.345 e. The number of nitrogens with one attached hydrogen (secondary N) is 3. The number of amides is 1. The van der Waals surface area contributed by atoms with Crippen molar-refractivity contribution in [3.63, 3.8) is 0 Å². The quantitative estimate of drug-likeness (QED) is 0.681. The number of nitrogens with zero attached hydrogens (tertiary/aromatic N) is 3. The lowest BCUT2D eigenvalue weighted by Gasteiger charge is -2.11. The first kappa shape index (κ1) is 12.8. The van der Waals surface area contributed by atoms with E-state index in [1.165, 1.54) is 6.33 Å². The summed E-state index contributed by atoms with van der Waals surface area (Å²) in [7, 11) is 0. The molecule has 20 heavy (non-hydrogen) atoms. The van der Waals surface area contributed by atoms with Gasteiger partial charge in [0.15, 0.2) is 0 Å². The molecule has 0 fully saturated rings. The first-order valence-corrected chi connectivity index (χ1v) is 6.73. The van der Waals surface area contributed by atoms with Gasteiger partial charge in [-0.1, -0.05) is 15.9 Å². The van der Waals surface area contributed by atoms with Crippen molar-refractivity contribution in [2.24, 2.45) is 0 Å². The van der Waals surface area contributed by atoms with Crippen LogP contribution in [0.25, 0.3) is 11.0 Å². The zero-order chi connectivity index (χ0) is 14.1. The van der Waals surface area contributed by atoms with Crippen LogP contribution in [-0.4, -0.2) is 31.1 Å². The molecule has 2 aromatic heterocycles. The second-order valence-corrected chi connectivity index (χ2v) is 5.23. The van der Waals surface area contributed by atoms with Gasteiger partial charge in [0.1, 0.15) is 17.7 Å². The van der Waals surface area contributed by atoms with E-state index in [0.717, 1.165) is 9.99 Å². The van der Waals surface area contributed by atoms with Crippen molar-refractivity contribution in [2.45, 2.75) is 13.0 Å². The molecule has 2 heterocycles. The third-order valence-electron chi connectivity index (χ3n) is 2.92. The third-order valence-corrected chi connectivity index (χ3v) is 3.38. The number of halogens is 1. The highest BCUT2D eigenvalue weighted by atomic mass is 79.9. The van der Waals surface area contributed by atoms with Crippen LogP contribution in [0.4, 0.5) is 0 Å². The maximum absolute atomic E-state index is 12.4. The highest BCUT2D eigenvalue weighted by molar-refractivity contribution is 9.10. The molecule has 102 valence electrons. The van der Waals surface area contributed by atoms with Crippen molar-refractivity contribution in [1.82, 2.24) is 30.5 Å². The molecule has 3 aromatic rings. The molecule has 0 radical (unpaired) electrons. The Kier molecular flexibility index (Phi) is 3.23. The summed E-state index contributed by atoms with van der Waals surface area (Å²) < 4.78 is 0.812. The van der Waals surface area contributed by atoms with Gasteiger partial charge >= 0.3 is 0 Å². The van der Waals surface area contributed by atoms with E-state index >= 15 is 0 Å². The smallest absolute Gasteiger partial charge is 0.254 e. The van der Waals surface area contributed by atoms with Gasteiger partial charge in [0, 0.05) is 4.47 Å². The predicted molar refractivity (Wildman–Crippen MR) is 76.1 cm³/mol. The van der Waals surface area contributed by atoms with Gasteiger partial charge in [-0.15, -0.1) is 0 Å². The average molecular weight is 335 g/mol. The number of carbonyl (C=O) groups is 1. The van der Waals surface area contributed by atoms with E-state index < -0.39 is 0 Å². The maximum Gasteiger partial charge on any atom is 0.254 e. The Bertz CT molecular complexity index is 750. The average Bonchev–Trinajstić information content (AvgIpc) is 3.08. The number of imidazole rings is 1. The summed E-state index contributed by atoms with van der Waals surface area (Å²) in [4.78, 5) is 23.6. The predicted octanol–water partition coefficient (Wildman–Crippen LogP) is 1.93. The van der Waals surface area contributed by atoms with Crippen molar-refractivity contribution in [3.8, 4) is 0 Å². The van der Waals surface area contributed by atoms with Gasteiger partial charge in [-0.3, -0.25) is 9.89 Å². The molecule has 8 heteroatoms. The van der Waals surface area contributed by atoms with Gasteiger partial charge in [0.05, 0.1) is 23.4 Å². The van der Waals surface area contributed by atoms with Crippen LogP contribution in [0, 0.1) is 0 Å². The minimum Gasteiger partial charge on any atom is -0.345 e. The van der Waals surface area contributed by atoms with Crippen molar-refractivity contribution >= 4 is 32.9 Å². The zero-order valence-corrected chi connectivity index (χ0v) is 12.1. The first-order chi connectivity index (χ1) is 9.65. The molecule has 1 unspecified atom stereocenters. The molecule has 3 rings (SSSR count). The van der Waals surface area contributed by atoms with Gasteiger partial charge in [-0.2, -0.15) is 5.10 Å². The van der Waals surface area contributed by atoms with Gasteiger partial charge in [-0.05, 0) is 19.1 Å². The van der Waals surface area contributed by atoms with E-state index in [-0.39, 0.29) is 11.9 Å². The normalized spacial score (nSPS) is 12.5. The second kappa shape index (κ2) is 5.04. The number of H-pyrrole nitrogens is 2. The fourth-order valence-corrected chi connectivity index (χ4v) is 2.41. The number of carbonyl (C=O) groups excluding carboxylic acids is 1. The number of hydrogen-bond donors (Lipinski definition) is 3. The van der Waals surface area contributed by atoms with Crippen LogP contribution in [0.5, 0.6) is 0 Å². The Morgan fingerprint density at radius 2 is 2.25 bits per heavy atom. The van der Waals surface area contributed by atoms with Crippen molar-refractivity contribution in [3.05, 3.63) is 40.6 Å². The van der Waals surface area contributed by atoms with E-state index in [1.54, 1.807) is 12.4 Å². The Hall–Kier alpha value is -2.22. The molecule has 0 spiro atoms. The van der Waals surface area contributed by atoms with Crippen LogP contribution < -0.4 is 5.32 Å². The highest BCUT2D eigenvalue weighted by Crippen LogP contribution is 2.22. The number of aromatic nitrogens is 5. The van der Waals surface area contributed by atoms with Gasteiger partial charge in [0.25, 0.3) is 5.91 Å². The summed E-state index contributed by atoms with van der Waals surface area (Å²) in [5.41, 5.74) is 1.94. The van der Waals surface area contributed by atoms with E-state index in [2.05, 4.69) is 46.4 Å². The SMILES string of the molecule is CC(NC(=O)c1cc(Br)cc2[nH]cnc12)c1ncn[nH]1. The van der Waals surface area contributed by atoms with Gasteiger partial charge in [0.2, 0.25) is 0 Å². The molecule has 1 atom stereocenters. The number of fused-ring (bicyclic) bond motifs is 1. The fourth-order valence-electron chi connectivity index (χ4n) is 1.95. The maximum atomic E-state index is 12.4. The number of rotatable bonds is 3. The van der Waals surface area contributed by atoms with Crippen molar-refractivity contribution in [2.75, 3.05) is 0 Å². The summed E-state index contributed by atoms with van der Waals surface area (Å²) in [5.74, 6) is 0.388. The summed E-state index contributed by atoms with van der Waals surface area (Å²) in [6.45, 7) is 1.83. The van der Waals surface area contributed by atoms with Crippen LogP contribution in [0.3, 0.4) is 0 Å². The molecule has 7 nitrogen and oxygen atoms in total. The molecule has 1 amide bonds. The zero-order valence-electron chi connectivity index (χ0n) is 10.5. The molecule has 0 saturated carbocycles. The van der Waals surface area contributed by atoms with E-state index in [0.29, 0.717) is 16.9 Å². The highest BCUT2D eigenvalue weighted by Gasteiger charge is 2.17. The summed E-state index contributed by atoms with van der Waals surface area (Å²) in [5, 5.41) is 9.36. The molecule has 0 saturated heterocycles. The molecule has 0 aliphatic carbocycles. The summed E-state index contributed by atoms with van der Waals surface area (Å²) >= 11 is 3.38. The van der Waals surface area contributed by atoms with Crippen LogP contribution in [0.15, 0.2) is 29.3 Å². The first-order valence-electron chi connectivity index (χ1n) is 5.94. The molecule has 3 N–H and O–H groups in total. The Labute approximate surface area is 122 Å². The van der Waals surface area contributed by atoms with Crippen LogP contribution in [0.1, 0.15) is 29.1 Å². The number of benzene rings is 1. The standard InChI is InChI=1S/C12H11BrN6O/c1-6(11-16-5-17-19-11)18-12(20)8-2-7(13)3-9-10(8)15-4-14-9/h2-6H,1H3,(H,14,15)(H,18,20)(H,16,17,19). The minimum absolute atomic E-state index is 0.215. The fraction of sp³-hybridized carbons (Fsp3) is 0.167.